The van der Waals surface area contributed by atoms with Gasteiger partial charge in [0.05, 0.1) is 5.92 Å². The number of nitrogens with one attached hydrogen (secondary N) is 1. The van der Waals surface area contributed by atoms with Gasteiger partial charge in [0.2, 0.25) is 17.7 Å². The highest BCUT2D eigenvalue weighted by Gasteiger charge is 2.46. The van der Waals surface area contributed by atoms with E-state index >= 15 is 0 Å². The predicted octanol–water partition coefficient (Wildman–Crippen LogP) is 2.16. The molecule has 2 heterocycles. The fraction of sp³-hybridized carbons (Fsp3) is 0.591. The maximum atomic E-state index is 12.9. The molecule has 28 heavy (non-hydrogen) atoms. The van der Waals surface area contributed by atoms with E-state index in [4.69, 9.17) is 0 Å². The van der Waals surface area contributed by atoms with Gasteiger partial charge in [-0.05, 0) is 44.1 Å². The fourth-order valence-electron chi connectivity index (χ4n) is 4.81. The molecule has 0 saturated carbocycles. The van der Waals surface area contributed by atoms with Gasteiger partial charge in [-0.15, -0.1) is 0 Å². The lowest BCUT2D eigenvalue weighted by Gasteiger charge is -2.49. The molecule has 2 aliphatic rings. The Morgan fingerprint density at radius 3 is 2.32 bits per heavy atom. The molecule has 0 radical (unpaired) electrons. The molecular formula is C22H31N3O3. The number of likely N-dealkylation sites (tertiary alicyclic amines) is 2. The maximum absolute atomic E-state index is 12.9. The molecule has 1 aromatic rings. The van der Waals surface area contributed by atoms with Crippen molar-refractivity contribution in [1.29, 1.82) is 0 Å². The molecule has 3 rings (SSSR count). The van der Waals surface area contributed by atoms with Crippen LogP contribution in [-0.4, -0.2) is 59.7 Å². The van der Waals surface area contributed by atoms with Gasteiger partial charge >= 0.3 is 0 Å². The molecule has 1 spiro atoms. The molecule has 3 amide bonds. The van der Waals surface area contributed by atoms with Crippen LogP contribution in [0.15, 0.2) is 30.3 Å². The second-order valence-electron chi connectivity index (χ2n) is 8.96. The molecule has 0 bridgehead atoms. The van der Waals surface area contributed by atoms with Gasteiger partial charge < -0.3 is 15.1 Å². The van der Waals surface area contributed by atoms with E-state index in [0.717, 1.165) is 31.4 Å². The monoisotopic (exact) mass is 385 g/mol. The average Bonchev–Trinajstić information content (AvgIpc) is 2.64. The highest BCUT2D eigenvalue weighted by Crippen LogP contribution is 2.45. The van der Waals surface area contributed by atoms with Gasteiger partial charge in [-0.3, -0.25) is 14.4 Å². The molecule has 6 nitrogen and oxygen atoms in total. The van der Waals surface area contributed by atoms with Crippen LogP contribution in [0.25, 0.3) is 0 Å². The van der Waals surface area contributed by atoms with Crippen molar-refractivity contribution in [1.82, 2.24) is 15.1 Å². The average molecular weight is 386 g/mol. The zero-order valence-electron chi connectivity index (χ0n) is 17.3. The molecule has 0 aromatic heterocycles. The van der Waals surface area contributed by atoms with Crippen LogP contribution in [0.2, 0.25) is 0 Å². The van der Waals surface area contributed by atoms with Crippen LogP contribution in [0.5, 0.6) is 0 Å². The molecule has 152 valence electrons. The summed E-state index contributed by atoms with van der Waals surface area (Å²) >= 11 is 0. The summed E-state index contributed by atoms with van der Waals surface area (Å²) in [7, 11) is 1.89. The molecular weight excluding hydrogens is 354 g/mol. The van der Waals surface area contributed by atoms with Crippen LogP contribution in [0.1, 0.15) is 51.5 Å². The molecule has 2 aliphatic heterocycles. The first-order valence-electron chi connectivity index (χ1n) is 10.0. The Labute approximate surface area is 167 Å². The number of likely N-dealkylation sites (N-methyl/N-ethyl adjacent to an activating group) is 1. The standard InChI is InChI=1S/C22H31N3O3/c1-16(26)23-21(2,3)20(28)25-12-10-22(11-13-25)14-18(19(27)24(4)15-22)17-8-6-5-7-9-17/h5-9,18H,10-15H2,1-4H3,(H,23,26). The Bertz CT molecular complexity index is 752. The Hall–Kier alpha value is -2.37. The number of hydrogen-bond acceptors (Lipinski definition) is 3. The van der Waals surface area contributed by atoms with E-state index in [9.17, 15) is 14.4 Å². The summed E-state index contributed by atoms with van der Waals surface area (Å²) in [5, 5.41) is 2.75. The highest BCUT2D eigenvalue weighted by atomic mass is 16.2. The van der Waals surface area contributed by atoms with Gasteiger partial charge in [-0.2, -0.15) is 0 Å². The Morgan fingerprint density at radius 2 is 1.75 bits per heavy atom. The summed E-state index contributed by atoms with van der Waals surface area (Å²) in [6.45, 7) is 6.99. The van der Waals surface area contributed by atoms with E-state index in [1.807, 2.05) is 47.2 Å². The van der Waals surface area contributed by atoms with Gasteiger partial charge in [-0.25, -0.2) is 0 Å². The van der Waals surface area contributed by atoms with Gasteiger partial charge in [0.15, 0.2) is 0 Å². The first kappa shape index (κ1) is 20.4. The Kier molecular flexibility index (Phi) is 5.50. The molecule has 1 aromatic carbocycles. The van der Waals surface area contributed by atoms with Crippen LogP contribution in [0.3, 0.4) is 0 Å². The Morgan fingerprint density at radius 1 is 1.14 bits per heavy atom. The van der Waals surface area contributed by atoms with Gasteiger partial charge in [0.25, 0.3) is 0 Å². The van der Waals surface area contributed by atoms with Crippen LogP contribution in [-0.2, 0) is 14.4 Å². The third-order valence-electron chi connectivity index (χ3n) is 6.22. The van der Waals surface area contributed by atoms with Crippen LogP contribution in [0.4, 0.5) is 0 Å². The lowest BCUT2D eigenvalue weighted by molar-refractivity contribution is -0.146. The van der Waals surface area contributed by atoms with Crippen molar-refractivity contribution >= 4 is 17.7 Å². The molecule has 2 saturated heterocycles. The maximum Gasteiger partial charge on any atom is 0.247 e. The summed E-state index contributed by atoms with van der Waals surface area (Å²) < 4.78 is 0. The second-order valence-corrected chi connectivity index (χ2v) is 8.96. The largest absolute Gasteiger partial charge is 0.345 e. The normalized spacial score (nSPS) is 22.3. The molecule has 2 fully saturated rings. The van der Waals surface area contributed by atoms with E-state index in [0.29, 0.717) is 13.1 Å². The minimum atomic E-state index is -0.901. The van der Waals surface area contributed by atoms with Crippen molar-refractivity contribution in [2.24, 2.45) is 5.41 Å². The number of piperidine rings is 2. The molecule has 1 N–H and O–H groups in total. The summed E-state index contributed by atoms with van der Waals surface area (Å²) in [5.74, 6) is -0.178. The van der Waals surface area contributed by atoms with E-state index in [1.54, 1.807) is 13.8 Å². The van der Waals surface area contributed by atoms with Crippen LogP contribution in [0, 0.1) is 5.41 Å². The number of carbonyl (C=O) groups excluding carboxylic acids is 3. The minimum Gasteiger partial charge on any atom is -0.345 e. The lowest BCUT2D eigenvalue weighted by Crippen LogP contribution is -2.59. The lowest BCUT2D eigenvalue weighted by atomic mass is 9.67. The second kappa shape index (κ2) is 7.57. The topological polar surface area (TPSA) is 69.7 Å². The van der Waals surface area contributed by atoms with Crippen molar-refractivity contribution in [2.75, 3.05) is 26.7 Å². The Balaban J connectivity index is 1.71. The van der Waals surface area contributed by atoms with Crippen LogP contribution < -0.4 is 5.32 Å². The third-order valence-corrected chi connectivity index (χ3v) is 6.22. The van der Waals surface area contributed by atoms with Crippen molar-refractivity contribution in [3.8, 4) is 0 Å². The summed E-state index contributed by atoms with van der Waals surface area (Å²) in [6.07, 6.45) is 2.57. The zero-order chi connectivity index (χ0) is 20.5. The number of hydrogen-bond donors (Lipinski definition) is 1. The third kappa shape index (κ3) is 4.05. The number of amides is 3. The van der Waals surface area contributed by atoms with E-state index in [1.165, 1.54) is 6.92 Å². The SMILES string of the molecule is CC(=O)NC(C)(C)C(=O)N1CCC2(CC1)CC(c1ccccc1)C(=O)N(C)C2. The van der Waals surface area contributed by atoms with E-state index in [2.05, 4.69) is 5.32 Å². The smallest absolute Gasteiger partial charge is 0.247 e. The quantitative estimate of drug-likeness (QED) is 0.867. The van der Waals surface area contributed by atoms with Crippen molar-refractivity contribution in [3.05, 3.63) is 35.9 Å². The predicted molar refractivity (Wildman–Crippen MR) is 108 cm³/mol. The van der Waals surface area contributed by atoms with Gasteiger partial charge in [0, 0.05) is 33.6 Å². The molecule has 0 aliphatic carbocycles. The van der Waals surface area contributed by atoms with Gasteiger partial charge in [0.1, 0.15) is 5.54 Å². The van der Waals surface area contributed by atoms with E-state index < -0.39 is 5.54 Å². The number of rotatable bonds is 3. The highest BCUT2D eigenvalue weighted by molar-refractivity contribution is 5.90. The number of carbonyl (C=O) groups is 3. The molecule has 6 heteroatoms. The first-order valence-corrected chi connectivity index (χ1v) is 10.0. The number of benzene rings is 1. The number of nitrogens with zero attached hydrogens (tertiary/aromatic N) is 2. The zero-order valence-corrected chi connectivity index (χ0v) is 17.3. The summed E-state index contributed by atoms with van der Waals surface area (Å²) in [6, 6.07) is 10.00. The van der Waals surface area contributed by atoms with Crippen molar-refractivity contribution in [3.63, 3.8) is 0 Å². The molecule has 1 unspecified atom stereocenters. The summed E-state index contributed by atoms with van der Waals surface area (Å²) in [5.41, 5.74) is 0.212. The first-order chi connectivity index (χ1) is 13.1. The molecule has 1 atom stereocenters. The minimum absolute atomic E-state index is 0.0398. The van der Waals surface area contributed by atoms with Crippen LogP contribution >= 0.6 is 0 Å². The summed E-state index contributed by atoms with van der Waals surface area (Å²) in [4.78, 5) is 40.8. The fourth-order valence-corrected chi connectivity index (χ4v) is 4.81. The van der Waals surface area contributed by atoms with Crippen molar-refractivity contribution in [2.45, 2.75) is 51.5 Å². The van der Waals surface area contributed by atoms with E-state index in [-0.39, 0.29) is 29.1 Å². The van der Waals surface area contributed by atoms with Crippen molar-refractivity contribution < 1.29 is 14.4 Å². The van der Waals surface area contributed by atoms with Gasteiger partial charge in [-0.1, -0.05) is 30.3 Å².